The first-order valence-corrected chi connectivity index (χ1v) is 6.83. The summed E-state index contributed by atoms with van der Waals surface area (Å²) in [5.41, 5.74) is 1.17. The average molecular weight is 276 g/mol. The van der Waals surface area contributed by atoms with E-state index in [0.29, 0.717) is 19.5 Å². The molecule has 1 aliphatic heterocycles. The number of carboxylic acids is 1. The number of amides is 2. The normalized spacial score (nSPS) is 17.0. The maximum atomic E-state index is 12.2. The van der Waals surface area contributed by atoms with Crippen molar-refractivity contribution in [2.24, 2.45) is 0 Å². The first kappa shape index (κ1) is 14.4. The summed E-state index contributed by atoms with van der Waals surface area (Å²) in [6, 6.07) is 7.70. The highest BCUT2D eigenvalue weighted by Gasteiger charge is 2.34. The minimum atomic E-state index is -1.21. The van der Waals surface area contributed by atoms with Crippen LogP contribution in [-0.2, 0) is 17.8 Å². The molecular formula is C15H20N2O3. The molecule has 0 aliphatic carbocycles. The zero-order valence-corrected chi connectivity index (χ0v) is 11.8. The van der Waals surface area contributed by atoms with Gasteiger partial charge in [-0.25, -0.2) is 9.59 Å². The summed E-state index contributed by atoms with van der Waals surface area (Å²) in [6.45, 7) is 4.43. The Hall–Kier alpha value is -2.04. The van der Waals surface area contributed by atoms with E-state index in [4.69, 9.17) is 0 Å². The number of aliphatic carboxylic acids is 1. The molecule has 0 saturated carbocycles. The zero-order chi connectivity index (χ0) is 14.8. The molecule has 1 atom stereocenters. The third-order valence-electron chi connectivity index (χ3n) is 3.98. The first-order chi connectivity index (χ1) is 9.46. The minimum absolute atomic E-state index is 0.314. The van der Waals surface area contributed by atoms with Gasteiger partial charge in [0.05, 0.1) is 0 Å². The minimum Gasteiger partial charge on any atom is -0.480 e. The Morgan fingerprint density at radius 2 is 2.00 bits per heavy atom. The summed E-state index contributed by atoms with van der Waals surface area (Å²) < 4.78 is 0. The second-order valence-corrected chi connectivity index (χ2v) is 5.36. The highest BCUT2D eigenvalue weighted by molar-refractivity contribution is 5.86. The Balaban J connectivity index is 2.07. The van der Waals surface area contributed by atoms with Crippen LogP contribution in [0, 0.1) is 0 Å². The van der Waals surface area contributed by atoms with Crippen LogP contribution >= 0.6 is 0 Å². The second kappa shape index (κ2) is 5.53. The van der Waals surface area contributed by atoms with E-state index < -0.39 is 11.5 Å². The Bertz CT molecular complexity index is 530. The Morgan fingerprint density at radius 1 is 1.35 bits per heavy atom. The van der Waals surface area contributed by atoms with E-state index >= 15 is 0 Å². The average Bonchev–Trinajstić information content (AvgIpc) is 2.46. The molecule has 2 N–H and O–H groups in total. The van der Waals surface area contributed by atoms with Crippen LogP contribution in [0.5, 0.6) is 0 Å². The molecule has 0 bridgehead atoms. The van der Waals surface area contributed by atoms with Crippen LogP contribution in [0.2, 0.25) is 0 Å². The lowest BCUT2D eigenvalue weighted by Gasteiger charge is -2.33. The standard InChI is InChI=1S/C15H20N2O3/c1-3-15(2,13(18)19)16-14(20)17-9-8-11-6-4-5-7-12(11)10-17/h4-7H,3,8-10H2,1-2H3,(H,16,20)(H,18,19). The van der Waals surface area contributed by atoms with Gasteiger partial charge in [-0.05, 0) is 30.9 Å². The summed E-state index contributed by atoms with van der Waals surface area (Å²) in [6.07, 6.45) is 1.15. The summed E-state index contributed by atoms with van der Waals surface area (Å²) in [7, 11) is 0. The van der Waals surface area contributed by atoms with Crippen molar-refractivity contribution in [2.75, 3.05) is 6.54 Å². The summed E-state index contributed by atoms with van der Waals surface area (Å²) in [4.78, 5) is 25.1. The number of nitrogens with one attached hydrogen (secondary N) is 1. The van der Waals surface area contributed by atoms with Gasteiger partial charge in [-0.3, -0.25) is 0 Å². The molecule has 0 fully saturated rings. The van der Waals surface area contributed by atoms with Crippen LogP contribution < -0.4 is 5.32 Å². The Kier molecular flexibility index (Phi) is 3.97. The number of urea groups is 1. The summed E-state index contributed by atoms with van der Waals surface area (Å²) in [5, 5.41) is 11.8. The Morgan fingerprint density at radius 3 is 2.60 bits per heavy atom. The lowest BCUT2D eigenvalue weighted by atomic mass is 9.98. The van der Waals surface area contributed by atoms with E-state index in [0.717, 1.165) is 12.0 Å². The van der Waals surface area contributed by atoms with Crippen LogP contribution in [0.1, 0.15) is 31.4 Å². The van der Waals surface area contributed by atoms with Crippen LogP contribution in [0.3, 0.4) is 0 Å². The molecule has 0 saturated heterocycles. The molecule has 1 aromatic carbocycles. The number of hydrogen-bond donors (Lipinski definition) is 2. The fourth-order valence-electron chi connectivity index (χ4n) is 2.28. The molecule has 1 aromatic rings. The van der Waals surface area contributed by atoms with E-state index in [9.17, 15) is 14.7 Å². The maximum Gasteiger partial charge on any atom is 0.329 e. The van der Waals surface area contributed by atoms with Crippen LogP contribution in [0.15, 0.2) is 24.3 Å². The molecule has 1 heterocycles. The van der Waals surface area contributed by atoms with Crippen molar-refractivity contribution >= 4 is 12.0 Å². The van der Waals surface area contributed by atoms with Crippen molar-refractivity contribution in [1.29, 1.82) is 0 Å². The van der Waals surface area contributed by atoms with E-state index in [1.807, 2.05) is 18.2 Å². The molecule has 0 spiro atoms. The van der Waals surface area contributed by atoms with Crippen molar-refractivity contribution in [1.82, 2.24) is 10.2 Å². The van der Waals surface area contributed by atoms with Crippen molar-refractivity contribution in [3.05, 3.63) is 35.4 Å². The van der Waals surface area contributed by atoms with E-state index in [2.05, 4.69) is 11.4 Å². The number of carboxylic acid groups (broad SMARTS) is 1. The summed E-state index contributed by atoms with van der Waals surface area (Å²) in [5.74, 6) is -1.01. The van der Waals surface area contributed by atoms with Crippen LogP contribution in [-0.4, -0.2) is 34.1 Å². The van der Waals surface area contributed by atoms with Crippen molar-refractivity contribution in [3.63, 3.8) is 0 Å². The number of hydrogen-bond acceptors (Lipinski definition) is 2. The van der Waals surface area contributed by atoms with Gasteiger partial charge in [0.25, 0.3) is 0 Å². The highest BCUT2D eigenvalue weighted by Crippen LogP contribution is 2.19. The predicted octanol–water partition coefficient (Wildman–Crippen LogP) is 2.01. The molecule has 1 aliphatic rings. The number of fused-ring (bicyclic) bond motifs is 1. The lowest BCUT2D eigenvalue weighted by molar-refractivity contribution is -0.143. The fourth-order valence-corrected chi connectivity index (χ4v) is 2.28. The smallest absolute Gasteiger partial charge is 0.329 e. The number of carbonyl (C=O) groups is 2. The molecule has 0 aromatic heterocycles. The van der Waals surface area contributed by atoms with E-state index in [-0.39, 0.29) is 6.03 Å². The van der Waals surface area contributed by atoms with Gasteiger partial charge in [-0.15, -0.1) is 0 Å². The first-order valence-electron chi connectivity index (χ1n) is 6.83. The monoisotopic (exact) mass is 276 g/mol. The van der Waals surface area contributed by atoms with Gasteiger partial charge in [0.15, 0.2) is 0 Å². The highest BCUT2D eigenvalue weighted by atomic mass is 16.4. The molecule has 1 unspecified atom stereocenters. The zero-order valence-electron chi connectivity index (χ0n) is 11.8. The van der Waals surface area contributed by atoms with Gasteiger partial charge < -0.3 is 15.3 Å². The number of nitrogens with zero attached hydrogens (tertiary/aromatic N) is 1. The number of rotatable bonds is 3. The molecular weight excluding hydrogens is 256 g/mol. The lowest BCUT2D eigenvalue weighted by Crippen LogP contribution is -2.56. The molecule has 0 radical (unpaired) electrons. The van der Waals surface area contributed by atoms with Gasteiger partial charge in [-0.2, -0.15) is 0 Å². The van der Waals surface area contributed by atoms with Crippen LogP contribution in [0.4, 0.5) is 4.79 Å². The number of benzene rings is 1. The molecule has 108 valence electrons. The molecule has 20 heavy (non-hydrogen) atoms. The molecule has 5 heteroatoms. The topological polar surface area (TPSA) is 69.6 Å². The van der Waals surface area contributed by atoms with Gasteiger partial charge >= 0.3 is 12.0 Å². The van der Waals surface area contributed by atoms with Gasteiger partial charge in [0.1, 0.15) is 5.54 Å². The molecule has 2 rings (SSSR count). The fraction of sp³-hybridized carbons (Fsp3) is 0.467. The van der Waals surface area contributed by atoms with Gasteiger partial charge in [0, 0.05) is 13.1 Å². The van der Waals surface area contributed by atoms with Gasteiger partial charge in [0.2, 0.25) is 0 Å². The second-order valence-electron chi connectivity index (χ2n) is 5.36. The molecule has 5 nitrogen and oxygen atoms in total. The molecule has 2 amide bonds. The van der Waals surface area contributed by atoms with Crippen molar-refractivity contribution in [3.8, 4) is 0 Å². The van der Waals surface area contributed by atoms with Crippen molar-refractivity contribution < 1.29 is 14.7 Å². The third-order valence-corrected chi connectivity index (χ3v) is 3.98. The predicted molar refractivity (Wildman–Crippen MR) is 75.4 cm³/mol. The van der Waals surface area contributed by atoms with Crippen LogP contribution in [0.25, 0.3) is 0 Å². The SMILES string of the molecule is CCC(C)(NC(=O)N1CCc2ccccc2C1)C(=O)O. The quantitative estimate of drug-likeness (QED) is 0.887. The van der Waals surface area contributed by atoms with Gasteiger partial charge in [-0.1, -0.05) is 31.2 Å². The Labute approximate surface area is 118 Å². The third kappa shape index (κ3) is 2.76. The van der Waals surface area contributed by atoms with E-state index in [1.54, 1.807) is 11.8 Å². The van der Waals surface area contributed by atoms with E-state index in [1.165, 1.54) is 12.5 Å². The largest absolute Gasteiger partial charge is 0.480 e. The maximum absolute atomic E-state index is 12.2. The summed E-state index contributed by atoms with van der Waals surface area (Å²) >= 11 is 0. The number of carbonyl (C=O) groups excluding carboxylic acids is 1. The van der Waals surface area contributed by atoms with Crippen molar-refractivity contribution in [2.45, 2.75) is 38.8 Å².